The Labute approximate surface area is 136 Å². The minimum absolute atomic E-state index is 0.0517. The monoisotopic (exact) mass is 399 g/mol. The number of methoxy groups -OCH3 is 1. The van der Waals surface area contributed by atoms with E-state index in [1.54, 1.807) is 0 Å². The normalized spacial score (nSPS) is 11.2. The summed E-state index contributed by atoms with van der Waals surface area (Å²) in [6.07, 6.45) is 0. The summed E-state index contributed by atoms with van der Waals surface area (Å²) in [7, 11) is 2.63. The van der Waals surface area contributed by atoms with E-state index in [9.17, 15) is 13.2 Å². The van der Waals surface area contributed by atoms with E-state index in [0.717, 1.165) is 0 Å². The van der Waals surface area contributed by atoms with Crippen molar-refractivity contribution < 1.29 is 22.7 Å². The van der Waals surface area contributed by atoms with E-state index in [4.69, 9.17) is 20.2 Å². The second kappa shape index (κ2) is 7.98. The molecule has 0 atom stereocenters. The van der Waals surface area contributed by atoms with Gasteiger partial charge in [-0.05, 0) is 35.0 Å². The van der Waals surface area contributed by atoms with Gasteiger partial charge >= 0.3 is 0 Å². The lowest BCUT2D eigenvalue weighted by atomic mass is 10.2. The molecule has 0 unspecified atom stereocenters. The zero-order valence-electron chi connectivity index (χ0n) is 11.5. The van der Waals surface area contributed by atoms with Crippen molar-refractivity contribution in [2.24, 2.45) is 0 Å². The van der Waals surface area contributed by atoms with Crippen LogP contribution in [-0.4, -0.2) is 41.2 Å². The van der Waals surface area contributed by atoms with Crippen LogP contribution in [-0.2, 0) is 13.8 Å². The third-order valence-electron chi connectivity index (χ3n) is 2.47. The fourth-order valence-electron chi connectivity index (χ4n) is 1.56. The Morgan fingerprint density at radius 2 is 2.10 bits per heavy atom. The van der Waals surface area contributed by atoms with Crippen molar-refractivity contribution >= 4 is 41.6 Å². The van der Waals surface area contributed by atoms with Crippen LogP contribution in [0.2, 0.25) is 0 Å². The molecule has 0 saturated carbocycles. The highest BCUT2D eigenvalue weighted by Crippen LogP contribution is 2.35. The van der Waals surface area contributed by atoms with Crippen molar-refractivity contribution in [1.29, 1.82) is 0 Å². The van der Waals surface area contributed by atoms with E-state index < -0.39 is 15.0 Å². The average molecular weight is 401 g/mol. The Balaban J connectivity index is 3.04. The molecule has 0 aliphatic carbocycles. The first-order chi connectivity index (χ1) is 9.81. The number of carbonyl (C=O) groups excluding carboxylic acids is 1. The van der Waals surface area contributed by atoms with Gasteiger partial charge in [-0.2, -0.15) is 0 Å². The summed E-state index contributed by atoms with van der Waals surface area (Å²) in [5, 5.41) is 2.61. The van der Waals surface area contributed by atoms with Crippen LogP contribution in [0.1, 0.15) is 17.3 Å². The number of halogens is 2. The SMILES string of the molecule is CCOCCNC(=O)c1cc(Br)c(OC)c(S(=O)(=O)Cl)c1. The minimum atomic E-state index is -4.04. The zero-order chi connectivity index (χ0) is 16.0. The summed E-state index contributed by atoms with van der Waals surface area (Å²) in [6.45, 7) is 3.10. The zero-order valence-corrected chi connectivity index (χ0v) is 14.6. The number of rotatable bonds is 7. The summed E-state index contributed by atoms with van der Waals surface area (Å²) >= 11 is 3.16. The Kier molecular flexibility index (Phi) is 6.92. The van der Waals surface area contributed by atoms with Gasteiger partial charge < -0.3 is 14.8 Å². The van der Waals surface area contributed by atoms with E-state index in [1.807, 2.05) is 6.92 Å². The molecule has 0 radical (unpaired) electrons. The molecule has 9 heteroatoms. The molecule has 1 amide bonds. The highest BCUT2D eigenvalue weighted by molar-refractivity contribution is 9.10. The smallest absolute Gasteiger partial charge is 0.265 e. The molecular weight excluding hydrogens is 386 g/mol. The van der Waals surface area contributed by atoms with Crippen LogP contribution in [0, 0.1) is 0 Å². The number of carbonyl (C=O) groups is 1. The van der Waals surface area contributed by atoms with Crippen LogP contribution < -0.4 is 10.1 Å². The van der Waals surface area contributed by atoms with Crippen LogP contribution in [0.25, 0.3) is 0 Å². The lowest BCUT2D eigenvalue weighted by Crippen LogP contribution is -2.27. The molecule has 0 aliphatic heterocycles. The second-order valence-corrected chi connectivity index (χ2v) is 7.27. The number of nitrogens with one attached hydrogen (secondary N) is 1. The second-order valence-electron chi connectivity index (χ2n) is 3.88. The van der Waals surface area contributed by atoms with Gasteiger partial charge in [0.15, 0.2) is 5.75 Å². The minimum Gasteiger partial charge on any atom is -0.494 e. The van der Waals surface area contributed by atoms with Crippen molar-refractivity contribution in [1.82, 2.24) is 5.32 Å². The molecule has 0 fully saturated rings. The maximum Gasteiger partial charge on any atom is 0.265 e. The Morgan fingerprint density at radius 1 is 1.43 bits per heavy atom. The fourth-order valence-corrected chi connectivity index (χ4v) is 3.34. The van der Waals surface area contributed by atoms with Crippen LogP contribution in [0.5, 0.6) is 5.75 Å². The van der Waals surface area contributed by atoms with Gasteiger partial charge in [0.05, 0.1) is 18.2 Å². The molecule has 0 saturated heterocycles. The summed E-state index contributed by atoms with van der Waals surface area (Å²) < 4.78 is 33.5. The summed E-state index contributed by atoms with van der Waals surface area (Å²) in [5.41, 5.74) is 0.151. The highest BCUT2D eigenvalue weighted by atomic mass is 79.9. The first kappa shape index (κ1) is 18.2. The molecule has 0 aromatic heterocycles. The highest BCUT2D eigenvalue weighted by Gasteiger charge is 2.22. The topological polar surface area (TPSA) is 81.7 Å². The Bertz CT molecular complexity index is 620. The first-order valence-electron chi connectivity index (χ1n) is 5.99. The molecule has 118 valence electrons. The standard InChI is InChI=1S/C12H15BrClNO5S/c1-3-20-5-4-15-12(16)8-6-9(13)11(19-2)10(7-8)21(14,17)18/h6-7H,3-5H2,1-2H3,(H,15,16). The molecule has 0 bridgehead atoms. The quantitative estimate of drug-likeness (QED) is 0.560. The molecule has 0 heterocycles. The van der Waals surface area contributed by atoms with E-state index in [0.29, 0.717) is 24.2 Å². The van der Waals surface area contributed by atoms with Crippen molar-refractivity contribution in [3.63, 3.8) is 0 Å². The van der Waals surface area contributed by atoms with Crippen molar-refractivity contribution in [2.75, 3.05) is 26.9 Å². The maximum atomic E-state index is 12.0. The van der Waals surface area contributed by atoms with E-state index in [1.165, 1.54) is 19.2 Å². The van der Waals surface area contributed by atoms with Gasteiger partial charge in [0.25, 0.3) is 15.0 Å². The van der Waals surface area contributed by atoms with Gasteiger partial charge in [0, 0.05) is 29.4 Å². The molecule has 1 rings (SSSR count). The van der Waals surface area contributed by atoms with E-state index >= 15 is 0 Å². The van der Waals surface area contributed by atoms with Gasteiger partial charge in [0.2, 0.25) is 0 Å². The van der Waals surface area contributed by atoms with E-state index in [2.05, 4.69) is 21.2 Å². The largest absolute Gasteiger partial charge is 0.494 e. The molecule has 1 N–H and O–H groups in total. The average Bonchev–Trinajstić information content (AvgIpc) is 2.41. The molecule has 1 aromatic carbocycles. The lowest BCUT2D eigenvalue weighted by Gasteiger charge is -2.11. The first-order valence-corrected chi connectivity index (χ1v) is 9.09. The predicted molar refractivity (Wildman–Crippen MR) is 82.6 cm³/mol. The van der Waals surface area contributed by atoms with Crippen LogP contribution in [0.4, 0.5) is 0 Å². The van der Waals surface area contributed by atoms with Gasteiger partial charge in [-0.25, -0.2) is 8.42 Å². The molecule has 1 aromatic rings. The van der Waals surface area contributed by atoms with Gasteiger partial charge in [-0.3, -0.25) is 4.79 Å². The van der Waals surface area contributed by atoms with Crippen molar-refractivity contribution in [2.45, 2.75) is 11.8 Å². The van der Waals surface area contributed by atoms with Crippen molar-refractivity contribution in [3.05, 3.63) is 22.2 Å². The predicted octanol–water partition coefficient (Wildman–Crippen LogP) is 2.15. The number of hydrogen-bond acceptors (Lipinski definition) is 5. The molecular formula is C12H15BrClNO5S. The van der Waals surface area contributed by atoms with Crippen molar-refractivity contribution in [3.8, 4) is 5.75 Å². The Hall–Kier alpha value is -0.830. The van der Waals surface area contributed by atoms with Gasteiger partial charge in [0.1, 0.15) is 4.90 Å². The number of amides is 1. The third-order valence-corrected chi connectivity index (χ3v) is 4.39. The number of benzene rings is 1. The summed E-state index contributed by atoms with van der Waals surface area (Å²) in [5.74, 6) is -0.379. The summed E-state index contributed by atoms with van der Waals surface area (Å²) in [6, 6.07) is 2.63. The third kappa shape index (κ3) is 5.14. The van der Waals surface area contributed by atoms with Crippen LogP contribution >= 0.6 is 26.6 Å². The number of hydrogen-bond donors (Lipinski definition) is 1. The van der Waals surface area contributed by atoms with Gasteiger partial charge in [-0.15, -0.1) is 0 Å². The van der Waals surface area contributed by atoms with Gasteiger partial charge in [-0.1, -0.05) is 0 Å². The molecule has 0 spiro atoms. The molecule has 0 aliphatic rings. The number of ether oxygens (including phenoxy) is 2. The Morgan fingerprint density at radius 3 is 2.62 bits per heavy atom. The maximum absolute atomic E-state index is 12.0. The molecule has 21 heavy (non-hydrogen) atoms. The fraction of sp³-hybridized carbons (Fsp3) is 0.417. The van der Waals surface area contributed by atoms with E-state index in [-0.39, 0.29) is 16.2 Å². The van der Waals surface area contributed by atoms with Crippen LogP contribution in [0.3, 0.4) is 0 Å². The lowest BCUT2D eigenvalue weighted by molar-refractivity contribution is 0.0922. The summed E-state index contributed by atoms with van der Waals surface area (Å²) in [4.78, 5) is 11.7. The molecule has 6 nitrogen and oxygen atoms in total. The van der Waals surface area contributed by atoms with Crippen LogP contribution in [0.15, 0.2) is 21.5 Å².